The van der Waals surface area contributed by atoms with Gasteiger partial charge in [-0.1, -0.05) is 46.2 Å². The molecular weight excluding hydrogens is 429 g/mol. The Labute approximate surface area is 169 Å². The van der Waals surface area contributed by atoms with E-state index in [-0.39, 0.29) is 29.4 Å². The van der Waals surface area contributed by atoms with Crippen LogP contribution in [0.25, 0.3) is 0 Å². The van der Waals surface area contributed by atoms with Gasteiger partial charge in [-0.05, 0) is 30.6 Å². The van der Waals surface area contributed by atoms with Crippen molar-refractivity contribution < 1.29 is 4.52 Å². The van der Waals surface area contributed by atoms with Crippen LogP contribution in [-0.2, 0) is 12.0 Å². The number of hydrogen-bond donors (Lipinski definition) is 2. The van der Waals surface area contributed by atoms with Gasteiger partial charge in [-0.15, -0.1) is 24.0 Å². The number of aromatic nitrogens is 2. The van der Waals surface area contributed by atoms with Crippen LogP contribution in [0.5, 0.6) is 0 Å². The number of hydrogen-bond acceptors (Lipinski definition) is 4. The van der Waals surface area contributed by atoms with Crippen molar-refractivity contribution >= 4 is 29.9 Å². The van der Waals surface area contributed by atoms with Crippen LogP contribution in [0, 0.1) is 11.3 Å². The average molecular weight is 463 g/mol. The molecular formula is C18H34IN5O. The third-order valence-electron chi connectivity index (χ3n) is 4.63. The SMILES string of the molecule is CN=C(NCc1noc(C(C)(C)C)n1)NCC1(CC(C)C)CCC1.I. The van der Waals surface area contributed by atoms with Crippen LogP contribution in [0.4, 0.5) is 0 Å². The van der Waals surface area contributed by atoms with Gasteiger partial charge >= 0.3 is 0 Å². The van der Waals surface area contributed by atoms with Crippen LogP contribution in [-0.4, -0.2) is 29.7 Å². The first-order chi connectivity index (χ1) is 11.2. The van der Waals surface area contributed by atoms with Gasteiger partial charge in [0.05, 0.1) is 6.54 Å². The molecule has 0 aromatic carbocycles. The summed E-state index contributed by atoms with van der Waals surface area (Å²) in [5.41, 5.74) is 0.315. The molecule has 1 aromatic rings. The lowest BCUT2D eigenvalue weighted by Gasteiger charge is -2.43. The first-order valence-electron chi connectivity index (χ1n) is 9.02. The molecule has 25 heavy (non-hydrogen) atoms. The van der Waals surface area contributed by atoms with Gasteiger partial charge in [0.2, 0.25) is 5.89 Å². The van der Waals surface area contributed by atoms with Crippen LogP contribution in [0.2, 0.25) is 0 Å². The summed E-state index contributed by atoms with van der Waals surface area (Å²) in [6.07, 6.45) is 5.25. The van der Waals surface area contributed by atoms with E-state index in [1.807, 2.05) is 0 Å². The number of nitrogens with zero attached hydrogens (tertiary/aromatic N) is 3. The van der Waals surface area contributed by atoms with Gasteiger partial charge in [-0.2, -0.15) is 4.98 Å². The largest absolute Gasteiger partial charge is 0.356 e. The van der Waals surface area contributed by atoms with Crippen LogP contribution >= 0.6 is 24.0 Å². The zero-order chi connectivity index (χ0) is 17.8. The highest BCUT2D eigenvalue weighted by atomic mass is 127. The first-order valence-corrected chi connectivity index (χ1v) is 9.02. The molecule has 0 atom stereocenters. The van der Waals surface area contributed by atoms with E-state index in [0.29, 0.717) is 23.7 Å². The minimum Gasteiger partial charge on any atom is -0.356 e. The maximum absolute atomic E-state index is 5.32. The molecule has 0 saturated heterocycles. The van der Waals surface area contributed by atoms with Crippen molar-refractivity contribution in [2.45, 2.75) is 72.3 Å². The van der Waals surface area contributed by atoms with E-state index in [9.17, 15) is 0 Å². The Morgan fingerprint density at radius 3 is 2.40 bits per heavy atom. The fourth-order valence-electron chi connectivity index (χ4n) is 3.28. The van der Waals surface area contributed by atoms with E-state index >= 15 is 0 Å². The average Bonchev–Trinajstić information content (AvgIpc) is 2.93. The molecule has 2 N–H and O–H groups in total. The Balaban J connectivity index is 0.00000312. The van der Waals surface area contributed by atoms with Gasteiger partial charge in [-0.3, -0.25) is 4.99 Å². The van der Waals surface area contributed by atoms with E-state index in [0.717, 1.165) is 18.4 Å². The van der Waals surface area contributed by atoms with Crippen molar-refractivity contribution in [1.29, 1.82) is 0 Å². The summed E-state index contributed by atoms with van der Waals surface area (Å²) in [6, 6.07) is 0. The van der Waals surface area contributed by atoms with Gasteiger partial charge in [0.1, 0.15) is 0 Å². The van der Waals surface area contributed by atoms with Crippen LogP contribution in [0.1, 0.15) is 72.0 Å². The Morgan fingerprint density at radius 1 is 1.28 bits per heavy atom. The zero-order valence-electron chi connectivity index (χ0n) is 16.5. The summed E-state index contributed by atoms with van der Waals surface area (Å²) < 4.78 is 5.32. The number of guanidine groups is 1. The van der Waals surface area contributed by atoms with Gasteiger partial charge < -0.3 is 15.2 Å². The van der Waals surface area contributed by atoms with Crippen molar-refractivity contribution in [1.82, 2.24) is 20.8 Å². The van der Waals surface area contributed by atoms with Crippen LogP contribution in [0.15, 0.2) is 9.52 Å². The minimum absolute atomic E-state index is 0. The molecule has 7 heteroatoms. The monoisotopic (exact) mass is 463 g/mol. The molecule has 1 aromatic heterocycles. The molecule has 0 radical (unpaired) electrons. The second kappa shape index (κ2) is 9.19. The van der Waals surface area contributed by atoms with E-state index in [1.54, 1.807) is 7.05 Å². The highest BCUT2D eigenvalue weighted by molar-refractivity contribution is 14.0. The third kappa shape index (κ3) is 6.42. The lowest BCUT2D eigenvalue weighted by Crippen LogP contribution is -2.46. The molecule has 0 spiro atoms. The Hall–Kier alpha value is -0.860. The van der Waals surface area contributed by atoms with E-state index in [4.69, 9.17) is 4.52 Å². The summed E-state index contributed by atoms with van der Waals surface area (Å²) in [7, 11) is 1.79. The first kappa shape index (κ1) is 22.2. The van der Waals surface area contributed by atoms with E-state index in [1.165, 1.54) is 25.7 Å². The molecule has 1 aliphatic carbocycles. The molecule has 1 fully saturated rings. The highest BCUT2D eigenvalue weighted by Crippen LogP contribution is 2.45. The number of aliphatic imine (C=N–C) groups is 1. The Kier molecular flexibility index (Phi) is 8.15. The third-order valence-corrected chi connectivity index (χ3v) is 4.63. The second-order valence-corrected chi connectivity index (χ2v) is 8.50. The fraction of sp³-hybridized carbons (Fsp3) is 0.833. The number of nitrogens with one attached hydrogen (secondary N) is 2. The van der Waals surface area contributed by atoms with Crippen molar-refractivity contribution in [3.05, 3.63) is 11.7 Å². The van der Waals surface area contributed by atoms with Crippen molar-refractivity contribution in [3.63, 3.8) is 0 Å². The predicted molar refractivity (Wildman–Crippen MR) is 112 cm³/mol. The van der Waals surface area contributed by atoms with Gasteiger partial charge in [0.15, 0.2) is 11.8 Å². The predicted octanol–water partition coefficient (Wildman–Crippen LogP) is 3.87. The fourth-order valence-corrected chi connectivity index (χ4v) is 3.28. The Bertz CT molecular complexity index is 558. The maximum atomic E-state index is 5.32. The normalized spacial score (nSPS) is 17.0. The molecule has 0 bridgehead atoms. The van der Waals surface area contributed by atoms with Gasteiger partial charge in [-0.25, -0.2) is 0 Å². The van der Waals surface area contributed by atoms with Gasteiger partial charge in [0.25, 0.3) is 0 Å². The van der Waals surface area contributed by atoms with Crippen molar-refractivity contribution in [2.75, 3.05) is 13.6 Å². The molecule has 2 rings (SSSR count). The summed E-state index contributed by atoms with van der Waals surface area (Å²) >= 11 is 0. The maximum Gasteiger partial charge on any atom is 0.232 e. The quantitative estimate of drug-likeness (QED) is 0.381. The number of rotatable bonds is 6. The van der Waals surface area contributed by atoms with Crippen molar-refractivity contribution in [3.8, 4) is 0 Å². The molecule has 0 aliphatic heterocycles. The molecule has 144 valence electrons. The minimum atomic E-state index is -0.126. The smallest absolute Gasteiger partial charge is 0.232 e. The number of halogens is 1. The lowest BCUT2D eigenvalue weighted by molar-refractivity contribution is 0.104. The second-order valence-electron chi connectivity index (χ2n) is 8.50. The topological polar surface area (TPSA) is 75.3 Å². The molecule has 1 aliphatic rings. The van der Waals surface area contributed by atoms with Crippen LogP contribution < -0.4 is 10.6 Å². The standard InChI is InChI=1S/C18H33N5O.HI/c1-13(2)10-18(8-7-9-18)12-21-16(19-6)20-11-14-22-15(24-23-14)17(3,4)5;/h13H,7-12H2,1-6H3,(H2,19,20,21);1H. The highest BCUT2D eigenvalue weighted by Gasteiger charge is 2.37. The molecule has 6 nitrogen and oxygen atoms in total. The van der Waals surface area contributed by atoms with Crippen molar-refractivity contribution in [2.24, 2.45) is 16.3 Å². The Morgan fingerprint density at radius 2 is 1.96 bits per heavy atom. The summed E-state index contributed by atoms with van der Waals surface area (Å²) in [5.74, 6) is 2.85. The molecule has 0 amide bonds. The van der Waals surface area contributed by atoms with Crippen LogP contribution in [0.3, 0.4) is 0 Å². The molecule has 1 saturated carbocycles. The molecule has 0 unspecified atom stereocenters. The lowest BCUT2D eigenvalue weighted by atomic mass is 9.64. The summed E-state index contributed by atoms with van der Waals surface area (Å²) in [6.45, 7) is 12.3. The van der Waals surface area contributed by atoms with E-state index < -0.39 is 0 Å². The molecule has 1 heterocycles. The summed E-state index contributed by atoms with van der Waals surface area (Å²) in [4.78, 5) is 8.75. The zero-order valence-corrected chi connectivity index (χ0v) is 18.8. The van der Waals surface area contributed by atoms with E-state index in [2.05, 4.69) is 60.4 Å². The summed E-state index contributed by atoms with van der Waals surface area (Å²) in [5, 5.41) is 10.8. The van der Waals surface area contributed by atoms with Gasteiger partial charge in [0, 0.05) is 19.0 Å².